The second kappa shape index (κ2) is 8.34. The van der Waals surface area contributed by atoms with Gasteiger partial charge < -0.3 is 13.6 Å². The van der Waals surface area contributed by atoms with Crippen LogP contribution in [-0.2, 0) is 13.6 Å². The molecule has 0 radical (unpaired) electrons. The molecule has 0 aliphatic carbocycles. The molecule has 68 valence electrons. The van der Waals surface area contributed by atoms with Crippen molar-refractivity contribution in [2.75, 3.05) is 26.5 Å². The maximum atomic E-state index is 11.6. The van der Waals surface area contributed by atoms with Gasteiger partial charge in [-0.3, -0.25) is 0 Å². The molecular weight excluding hydrogens is 170 g/mol. The summed E-state index contributed by atoms with van der Waals surface area (Å²) < 4.78 is 26.6. The third kappa shape index (κ3) is 6.63. The Morgan fingerprint density at radius 3 is 2.00 bits per heavy atom. The Morgan fingerprint density at radius 2 is 1.64 bits per heavy atom. The van der Waals surface area contributed by atoms with Crippen LogP contribution in [0.2, 0.25) is 0 Å². The van der Waals surface area contributed by atoms with Gasteiger partial charge in [-0.15, -0.1) is 0 Å². The zero-order valence-corrected chi connectivity index (χ0v) is 7.77. The van der Waals surface area contributed by atoms with E-state index in [9.17, 15) is 4.39 Å². The molecule has 0 saturated heterocycles. The van der Waals surface area contributed by atoms with Gasteiger partial charge in [-0.2, -0.15) is 0 Å². The molecule has 3 nitrogen and oxygen atoms in total. The van der Waals surface area contributed by atoms with E-state index in [1.807, 2.05) is 13.8 Å². The molecule has 0 aromatic carbocycles. The van der Waals surface area contributed by atoms with E-state index in [1.54, 1.807) is 0 Å². The molecule has 0 N–H and O–H groups in total. The van der Waals surface area contributed by atoms with Gasteiger partial charge in [0.15, 0.2) is 0 Å². The Bertz CT molecular complexity index is 78.2. The number of halogens is 1. The fourth-order valence-electron chi connectivity index (χ4n) is 0.432. The quantitative estimate of drug-likeness (QED) is 0.568. The standard InChI is InChI=1S/C6H14FO3P/c1-3-8-11(9-4-2)10-6-5-7/h3-6H2,1-2H3. The van der Waals surface area contributed by atoms with Gasteiger partial charge >= 0.3 is 8.60 Å². The molecule has 0 saturated carbocycles. The minimum atomic E-state index is -1.31. The summed E-state index contributed by atoms with van der Waals surface area (Å²) in [7, 11) is -1.31. The molecule has 0 spiro atoms. The largest absolute Gasteiger partial charge is 0.332 e. The maximum Gasteiger partial charge on any atom is 0.332 e. The number of alkyl halides is 1. The van der Waals surface area contributed by atoms with Crippen molar-refractivity contribution in [1.82, 2.24) is 0 Å². The van der Waals surface area contributed by atoms with Gasteiger partial charge in [0.25, 0.3) is 0 Å². The van der Waals surface area contributed by atoms with Crippen LogP contribution < -0.4 is 0 Å². The topological polar surface area (TPSA) is 27.7 Å². The van der Waals surface area contributed by atoms with Crippen molar-refractivity contribution in [3.63, 3.8) is 0 Å². The molecular formula is C6H14FO3P. The van der Waals surface area contributed by atoms with Crippen LogP contribution in [0, 0.1) is 0 Å². The summed E-state index contributed by atoms with van der Waals surface area (Å²) in [6.07, 6.45) is 0. The average molecular weight is 184 g/mol. The van der Waals surface area contributed by atoms with Crippen LogP contribution in [0.25, 0.3) is 0 Å². The maximum absolute atomic E-state index is 11.6. The van der Waals surface area contributed by atoms with Crippen LogP contribution in [0.4, 0.5) is 4.39 Å². The third-order valence-electron chi connectivity index (χ3n) is 0.743. The lowest BCUT2D eigenvalue weighted by atomic mass is 10.9. The van der Waals surface area contributed by atoms with E-state index in [0.717, 1.165) is 0 Å². The molecule has 0 amide bonds. The molecule has 0 aliphatic rings. The molecule has 0 heterocycles. The Balaban J connectivity index is 3.34. The van der Waals surface area contributed by atoms with E-state index >= 15 is 0 Å². The third-order valence-corrected chi connectivity index (χ3v) is 2.07. The predicted molar refractivity (Wildman–Crippen MR) is 42.1 cm³/mol. The first kappa shape index (κ1) is 11.2. The van der Waals surface area contributed by atoms with Crippen molar-refractivity contribution in [2.45, 2.75) is 13.8 Å². The second-order valence-corrected chi connectivity index (χ2v) is 2.80. The van der Waals surface area contributed by atoms with Crippen LogP contribution in [0.5, 0.6) is 0 Å². The van der Waals surface area contributed by atoms with Gasteiger partial charge in [0.2, 0.25) is 0 Å². The fraction of sp³-hybridized carbons (Fsp3) is 1.00. The highest BCUT2D eigenvalue weighted by Gasteiger charge is 2.09. The summed E-state index contributed by atoms with van der Waals surface area (Å²) in [4.78, 5) is 0. The minimum absolute atomic E-state index is 0.0473. The molecule has 0 bridgehead atoms. The van der Waals surface area contributed by atoms with E-state index in [4.69, 9.17) is 13.6 Å². The van der Waals surface area contributed by atoms with E-state index < -0.39 is 15.3 Å². The lowest BCUT2D eigenvalue weighted by Gasteiger charge is -2.13. The van der Waals surface area contributed by atoms with E-state index in [2.05, 4.69) is 0 Å². The molecule has 0 aliphatic heterocycles. The Hall–Kier alpha value is 0.240. The normalized spacial score (nSPS) is 10.9. The fourth-order valence-corrected chi connectivity index (χ4v) is 1.29. The minimum Gasteiger partial charge on any atom is -0.313 e. The Labute approximate surface area is 67.8 Å². The molecule has 0 aromatic rings. The Kier molecular flexibility index (Phi) is 8.52. The Morgan fingerprint density at radius 1 is 1.09 bits per heavy atom. The van der Waals surface area contributed by atoms with Gasteiger partial charge in [-0.1, -0.05) is 0 Å². The highest BCUT2D eigenvalue weighted by Crippen LogP contribution is 2.38. The SMILES string of the molecule is CCOP(OCC)OCCF. The molecule has 0 unspecified atom stereocenters. The van der Waals surface area contributed by atoms with Crippen LogP contribution in [0.3, 0.4) is 0 Å². The highest BCUT2D eigenvalue weighted by molar-refractivity contribution is 7.41. The van der Waals surface area contributed by atoms with Crippen molar-refractivity contribution < 1.29 is 18.0 Å². The summed E-state index contributed by atoms with van der Waals surface area (Å²) in [5.41, 5.74) is 0. The highest BCUT2D eigenvalue weighted by atomic mass is 31.2. The first-order valence-corrected chi connectivity index (χ1v) is 4.69. The first-order chi connectivity index (χ1) is 5.35. The summed E-state index contributed by atoms with van der Waals surface area (Å²) in [5.74, 6) is 0. The lowest BCUT2D eigenvalue weighted by Crippen LogP contribution is -1.97. The lowest BCUT2D eigenvalue weighted by molar-refractivity contribution is 0.161. The van der Waals surface area contributed by atoms with Crippen molar-refractivity contribution >= 4 is 8.60 Å². The van der Waals surface area contributed by atoms with Gasteiger partial charge in [-0.25, -0.2) is 4.39 Å². The summed E-state index contributed by atoms with van der Waals surface area (Å²) in [6, 6.07) is 0. The molecule has 0 rings (SSSR count). The van der Waals surface area contributed by atoms with Crippen LogP contribution in [0.15, 0.2) is 0 Å². The molecule has 5 heteroatoms. The van der Waals surface area contributed by atoms with Crippen LogP contribution in [-0.4, -0.2) is 26.5 Å². The van der Waals surface area contributed by atoms with Gasteiger partial charge in [0.1, 0.15) is 6.67 Å². The van der Waals surface area contributed by atoms with Crippen molar-refractivity contribution in [3.8, 4) is 0 Å². The van der Waals surface area contributed by atoms with Gasteiger partial charge in [0, 0.05) is 0 Å². The summed E-state index contributed by atoms with van der Waals surface area (Å²) in [5, 5.41) is 0. The van der Waals surface area contributed by atoms with Crippen LogP contribution in [0.1, 0.15) is 13.8 Å². The molecule has 11 heavy (non-hydrogen) atoms. The number of hydrogen-bond acceptors (Lipinski definition) is 3. The first-order valence-electron chi connectivity index (χ1n) is 3.60. The predicted octanol–water partition coefficient (Wildman–Crippen LogP) is 2.27. The molecule has 0 atom stereocenters. The van der Waals surface area contributed by atoms with E-state index in [-0.39, 0.29) is 6.61 Å². The van der Waals surface area contributed by atoms with Crippen molar-refractivity contribution in [1.29, 1.82) is 0 Å². The second-order valence-electron chi connectivity index (χ2n) is 1.58. The zero-order valence-electron chi connectivity index (χ0n) is 6.88. The summed E-state index contributed by atoms with van der Waals surface area (Å²) >= 11 is 0. The van der Waals surface area contributed by atoms with Crippen LogP contribution >= 0.6 is 8.60 Å². The smallest absolute Gasteiger partial charge is 0.313 e. The zero-order chi connectivity index (χ0) is 8.53. The van der Waals surface area contributed by atoms with Gasteiger partial charge in [-0.05, 0) is 13.8 Å². The van der Waals surface area contributed by atoms with Crippen molar-refractivity contribution in [3.05, 3.63) is 0 Å². The molecule has 0 fully saturated rings. The summed E-state index contributed by atoms with van der Waals surface area (Å²) in [6.45, 7) is 4.28. The van der Waals surface area contributed by atoms with Crippen molar-refractivity contribution in [2.24, 2.45) is 0 Å². The van der Waals surface area contributed by atoms with E-state index in [0.29, 0.717) is 13.2 Å². The molecule has 0 aromatic heterocycles. The number of rotatable bonds is 7. The van der Waals surface area contributed by atoms with Gasteiger partial charge in [0.05, 0.1) is 19.8 Å². The average Bonchev–Trinajstić information content (AvgIpc) is 2.01. The number of hydrogen-bond donors (Lipinski definition) is 0. The van der Waals surface area contributed by atoms with E-state index in [1.165, 1.54) is 0 Å². The monoisotopic (exact) mass is 184 g/mol.